The number of fused-ring (bicyclic) bond motifs is 1. The summed E-state index contributed by atoms with van der Waals surface area (Å²) in [5.41, 5.74) is 2.07. The standard InChI is InChI=1S/C15H16N2O2/c1-3-18-15-6-4-5-14-13(15)7-8-17(14)10-12-9-11(2)19-16-12/h4-9H,3,10H2,1-2H3. The zero-order valence-corrected chi connectivity index (χ0v) is 11.1. The number of rotatable bonds is 4. The molecule has 4 nitrogen and oxygen atoms in total. The van der Waals surface area contributed by atoms with Gasteiger partial charge in [-0.25, -0.2) is 0 Å². The van der Waals surface area contributed by atoms with Crippen LogP contribution in [0.4, 0.5) is 0 Å². The Morgan fingerprint density at radius 1 is 1.32 bits per heavy atom. The Morgan fingerprint density at radius 3 is 2.95 bits per heavy atom. The zero-order valence-electron chi connectivity index (χ0n) is 11.1. The molecule has 0 fully saturated rings. The van der Waals surface area contributed by atoms with E-state index in [1.807, 2.05) is 32.0 Å². The van der Waals surface area contributed by atoms with Crippen LogP contribution in [0.2, 0.25) is 0 Å². The highest BCUT2D eigenvalue weighted by Crippen LogP contribution is 2.27. The van der Waals surface area contributed by atoms with Crippen LogP contribution in [0.15, 0.2) is 41.1 Å². The minimum atomic E-state index is 0.673. The van der Waals surface area contributed by atoms with Crippen molar-refractivity contribution >= 4 is 10.9 Å². The van der Waals surface area contributed by atoms with E-state index in [-0.39, 0.29) is 0 Å². The van der Waals surface area contributed by atoms with Gasteiger partial charge in [0.2, 0.25) is 0 Å². The summed E-state index contributed by atoms with van der Waals surface area (Å²) in [6.45, 7) is 5.27. The molecule has 2 aromatic heterocycles. The molecule has 0 radical (unpaired) electrons. The number of nitrogens with zero attached hydrogens (tertiary/aromatic N) is 2. The maximum Gasteiger partial charge on any atom is 0.133 e. The molecule has 0 saturated heterocycles. The third-order valence-corrected chi connectivity index (χ3v) is 3.08. The molecule has 0 spiro atoms. The second-order valence-electron chi connectivity index (χ2n) is 4.49. The summed E-state index contributed by atoms with van der Waals surface area (Å²) < 4.78 is 12.9. The number of hydrogen-bond donors (Lipinski definition) is 0. The predicted molar refractivity (Wildman–Crippen MR) is 73.4 cm³/mol. The Morgan fingerprint density at radius 2 is 2.21 bits per heavy atom. The molecule has 0 aliphatic heterocycles. The van der Waals surface area contributed by atoms with E-state index < -0.39 is 0 Å². The first-order valence-corrected chi connectivity index (χ1v) is 6.41. The second-order valence-corrected chi connectivity index (χ2v) is 4.49. The van der Waals surface area contributed by atoms with Gasteiger partial charge < -0.3 is 13.8 Å². The van der Waals surface area contributed by atoms with Gasteiger partial charge in [0.05, 0.1) is 18.7 Å². The number of benzene rings is 1. The third-order valence-electron chi connectivity index (χ3n) is 3.08. The highest BCUT2D eigenvalue weighted by atomic mass is 16.5. The van der Waals surface area contributed by atoms with E-state index in [9.17, 15) is 0 Å². The fourth-order valence-electron chi connectivity index (χ4n) is 2.28. The lowest BCUT2D eigenvalue weighted by molar-refractivity contribution is 0.344. The van der Waals surface area contributed by atoms with Crippen LogP contribution in [0.3, 0.4) is 0 Å². The van der Waals surface area contributed by atoms with E-state index in [1.54, 1.807) is 0 Å². The van der Waals surface area contributed by atoms with Crippen LogP contribution < -0.4 is 4.74 Å². The average molecular weight is 256 g/mol. The van der Waals surface area contributed by atoms with Gasteiger partial charge >= 0.3 is 0 Å². The fraction of sp³-hybridized carbons (Fsp3) is 0.267. The monoisotopic (exact) mass is 256 g/mol. The normalized spacial score (nSPS) is 11.1. The van der Waals surface area contributed by atoms with Crippen molar-refractivity contribution in [2.24, 2.45) is 0 Å². The van der Waals surface area contributed by atoms with Crippen molar-refractivity contribution in [3.05, 3.63) is 48.0 Å². The molecule has 3 rings (SSSR count). The summed E-state index contributed by atoms with van der Waals surface area (Å²) in [7, 11) is 0. The van der Waals surface area contributed by atoms with Crippen molar-refractivity contribution in [2.45, 2.75) is 20.4 Å². The van der Waals surface area contributed by atoms with Crippen LogP contribution in [0, 0.1) is 6.92 Å². The number of ether oxygens (including phenoxy) is 1. The Balaban J connectivity index is 1.98. The molecule has 0 amide bonds. The molecule has 0 unspecified atom stereocenters. The minimum absolute atomic E-state index is 0.673. The maximum absolute atomic E-state index is 5.64. The largest absolute Gasteiger partial charge is 0.493 e. The van der Waals surface area contributed by atoms with Gasteiger partial charge in [-0.15, -0.1) is 0 Å². The second kappa shape index (κ2) is 4.80. The van der Waals surface area contributed by atoms with Gasteiger partial charge in [0.15, 0.2) is 0 Å². The van der Waals surface area contributed by atoms with Crippen LogP contribution >= 0.6 is 0 Å². The van der Waals surface area contributed by atoms with E-state index >= 15 is 0 Å². The molecule has 2 heterocycles. The van der Waals surface area contributed by atoms with Crippen molar-refractivity contribution in [3.8, 4) is 5.75 Å². The molecule has 0 aliphatic rings. The zero-order chi connectivity index (χ0) is 13.2. The molecule has 0 bridgehead atoms. The summed E-state index contributed by atoms with van der Waals surface area (Å²) in [4.78, 5) is 0. The van der Waals surface area contributed by atoms with Crippen LogP contribution in [-0.2, 0) is 6.54 Å². The molecule has 1 aromatic carbocycles. The molecular formula is C15H16N2O2. The van der Waals surface area contributed by atoms with Crippen LogP contribution in [-0.4, -0.2) is 16.3 Å². The lowest BCUT2D eigenvalue weighted by atomic mass is 10.2. The van der Waals surface area contributed by atoms with Crippen LogP contribution in [0.5, 0.6) is 5.75 Å². The van der Waals surface area contributed by atoms with Gasteiger partial charge in [0.1, 0.15) is 17.2 Å². The number of aromatic nitrogens is 2. The SMILES string of the molecule is CCOc1cccc2c1ccn2Cc1cc(C)on1. The van der Waals surface area contributed by atoms with Gasteiger partial charge in [-0.05, 0) is 32.0 Å². The van der Waals surface area contributed by atoms with Gasteiger partial charge in [0.25, 0.3) is 0 Å². The Bertz CT molecular complexity index is 697. The van der Waals surface area contributed by atoms with E-state index in [0.717, 1.165) is 28.1 Å². The van der Waals surface area contributed by atoms with Crippen molar-refractivity contribution in [1.29, 1.82) is 0 Å². The molecule has 0 atom stereocenters. The molecule has 0 N–H and O–H groups in total. The highest BCUT2D eigenvalue weighted by molar-refractivity contribution is 5.86. The van der Waals surface area contributed by atoms with Crippen molar-refractivity contribution < 1.29 is 9.26 Å². The third kappa shape index (κ3) is 2.21. The topological polar surface area (TPSA) is 40.2 Å². The molecular weight excluding hydrogens is 240 g/mol. The van der Waals surface area contributed by atoms with E-state index in [1.165, 1.54) is 0 Å². The van der Waals surface area contributed by atoms with Crippen LogP contribution in [0.1, 0.15) is 18.4 Å². The van der Waals surface area contributed by atoms with Gasteiger partial charge in [-0.2, -0.15) is 0 Å². The summed E-state index contributed by atoms with van der Waals surface area (Å²) >= 11 is 0. The quantitative estimate of drug-likeness (QED) is 0.718. The van der Waals surface area contributed by atoms with Gasteiger partial charge in [-0.1, -0.05) is 11.2 Å². The van der Waals surface area contributed by atoms with E-state index in [0.29, 0.717) is 13.2 Å². The molecule has 4 heteroatoms. The number of hydrogen-bond acceptors (Lipinski definition) is 3. The molecule has 0 aliphatic carbocycles. The lowest BCUT2D eigenvalue weighted by Gasteiger charge is -2.06. The van der Waals surface area contributed by atoms with Crippen molar-refractivity contribution in [3.63, 3.8) is 0 Å². The summed E-state index contributed by atoms with van der Waals surface area (Å²) in [5, 5.41) is 5.16. The smallest absolute Gasteiger partial charge is 0.133 e. The van der Waals surface area contributed by atoms with Gasteiger partial charge in [0, 0.05) is 17.6 Å². The highest BCUT2D eigenvalue weighted by Gasteiger charge is 2.08. The Hall–Kier alpha value is -2.23. The first-order valence-electron chi connectivity index (χ1n) is 6.41. The minimum Gasteiger partial charge on any atom is -0.493 e. The Labute approximate surface area is 111 Å². The van der Waals surface area contributed by atoms with Crippen molar-refractivity contribution in [1.82, 2.24) is 9.72 Å². The molecule has 98 valence electrons. The predicted octanol–water partition coefficient (Wildman–Crippen LogP) is 3.38. The fourth-order valence-corrected chi connectivity index (χ4v) is 2.28. The summed E-state index contributed by atoms with van der Waals surface area (Å²) in [6.07, 6.45) is 2.05. The summed E-state index contributed by atoms with van der Waals surface area (Å²) in [5.74, 6) is 1.76. The lowest BCUT2D eigenvalue weighted by Crippen LogP contribution is -1.98. The first kappa shape index (κ1) is 11.8. The van der Waals surface area contributed by atoms with Gasteiger partial charge in [-0.3, -0.25) is 0 Å². The summed E-state index contributed by atoms with van der Waals surface area (Å²) in [6, 6.07) is 10.1. The van der Waals surface area contributed by atoms with E-state index in [4.69, 9.17) is 9.26 Å². The Kier molecular flexibility index (Phi) is 2.99. The van der Waals surface area contributed by atoms with Crippen molar-refractivity contribution in [2.75, 3.05) is 6.61 Å². The van der Waals surface area contributed by atoms with E-state index in [2.05, 4.69) is 28.1 Å². The molecule has 0 saturated carbocycles. The average Bonchev–Trinajstić information content (AvgIpc) is 2.99. The molecule has 19 heavy (non-hydrogen) atoms. The first-order chi connectivity index (χ1) is 9.28. The molecule has 3 aromatic rings. The number of aryl methyl sites for hydroxylation is 1. The maximum atomic E-state index is 5.64. The van der Waals surface area contributed by atoms with Crippen LogP contribution in [0.25, 0.3) is 10.9 Å².